The van der Waals surface area contributed by atoms with E-state index >= 15 is 0 Å². The lowest BCUT2D eigenvalue weighted by Gasteiger charge is -1.93. The van der Waals surface area contributed by atoms with Gasteiger partial charge in [-0.2, -0.15) is 0 Å². The van der Waals surface area contributed by atoms with Gasteiger partial charge in [-0.3, -0.25) is 4.79 Å². The smallest absolute Gasteiger partial charge is 0.205 e. The second-order valence-electron chi connectivity index (χ2n) is 1.64. The van der Waals surface area contributed by atoms with E-state index in [4.69, 9.17) is 23.2 Å². The van der Waals surface area contributed by atoms with Gasteiger partial charge in [0.05, 0.1) is 4.88 Å². The van der Waals surface area contributed by atoms with Crippen molar-refractivity contribution in [1.82, 2.24) is 0 Å². The number of hydrogen-bond acceptors (Lipinski definition) is 2. The van der Waals surface area contributed by atoms with E-state index < -0.39 is 4.84 Å². The molecule has 0 bridgehead atoms. The highest BCUT2D eigenvalue weighted by Crippen LogP contribution is 2.15. The fourth-order valence-electron chi connectivity index (χ4n) is 0.526. The number of carbonyl (C=O) groups is 1. The molecule has 1 aromatic heterocycles. The molecule has 1 heterocycles. The molecule has 0 radical (unpaired) electrons. The first-order chi connectivity index (χ1) is 4.72. The third-order valence-corrected chi connectivity index (χ3v) is 2.24. The predicted molar refractivity (Wildman–Crippen MR) is 44.1 cm³/mol. The Bertz CT molecular complexity index is 218. The first-order valence-corrected chi connectivity index (χ1v) is 4.33. The summed E-state index contributed by atoms with van der Waals surface area (Å²) in [5.74, 6) is -0.224. The normalized spacial score (nSPS) is 10.3. The summed E-state index contributed by atoms with van der Waals surface area (Å²) in [6, 6.07) is 3.48. The van der Waals surface area contributed by atoms with Crippen LogP contribution >= 0.6 is 34.5 Å². The van der Waals surface area contributed by atoms with Crippen molar-refractivity contribution in [2.45, 2.75) is 4.84 Å². The summed E-state index contributed by atoms with van der Waals surface area (Å²) >= 11 is 12.0. The third kappa shape index (κ3) is 1.72. The minimum absolute atomic E-state index is 0.224. The van der Waals surface area contributed by atoms with Gasteiger partial charge in [-0.1, -0.05) is 29.3 Å². The number of thiophene rings is 1. The highest BCUT2D eigenvalue weighted by atomic mass is 35.5. The van der Waals surface area contributed by atoms with Crippen molar-refractivity contribution in [3.05, 3.63) is 22.4 Å². The fraction of sp³-hybridized carbons (Fsp3) is 0.167. The van der Waals surface area contributed by atoms with Crippen LogP contribution in [0.5, 0.6) is 0 Å². The van der Waals surface area contributed by atoms with Crippen molar-refractivity contribution < 1.29 is 4.79 Å². The molecule has 0 amide bonds. The number of alkyl halides is 2. The van der Waals surface area contributed by atoms with Gasteiger partial charge >= 0.3 is 0 Å². The van der Waals surface area contributed by atoms with Gasteiger partial charge in [0, 0.05) is 0 Å². The topological polar surface area (TPSA) is 17.1 Å². The Morgan fingerprint density at radius 2 is 2.30 bits per heavy atom. The molecular formula is C6H4Cl2OS. The van der Waals surface area contributed by atoms with Gasteiger partial charge in [0.15, 0.2) is 4.84 Å². The molecule has 0 saturated carbocycles. The summed E-state index contributed by atoms with van der Waals surface area (Å²) in [7, 11) is 0. The van der Waals surface area contributed by atoms with Crippen molar-refractivity contribution in [2.24, 2.45) is 0 Å². The van der Waals surface area contributed by atoms with Crippen LogP contribution in [0, 0.1) is 0 Å². The molecule has 0 aliphatic rings. The zero-order valence-electron chi connectivity index (χ0n) is 4.88. The van der Waals surface area contributed by atoms with E-state index in [-0.39, 0.29) is 5.78 Å². The van der Waals surface area contributed by atoms with Gasteiger partial charge < -0.3 is 0 Å². The van der Waals surface area contributed by atoms with Crippen molar-refractivity contribution in [2.75, 3.05) is 0 Å². The fourth-order valence-corrected chi connectivity index (χ4v) is 1.59. The number of ketones is 1. The van der Waals surface area contributed by atoms with Crippen LogP contribution in [0.4, 0.5) is 0 Å². The number of rotatable bonds is 2. The zero-order valence-corrected chi connectivity index (χ0v) is 7.21. The Balaban J connectivity index is 2.78. The molecule has 0 spiro atoms. The Morgan fingerprint density at radius 3 is 2.70 bits per heavy atom. The van der Waals surface area contributed by atoms with E-state index in [1.165, 1.54) is 11.3 Å². The van der Waals surface area contributed by atoms with Crippen LogP contribution in [0.2, 0.25) is 0 Å². The molecule has 1 nitrogen and oxygen atoms in total. The first kappa shape index (κ1) is 8.05. The monoisotopic (exact) mass is 194 g/mol. The van der Waals surface area contributed by atoms with E-state index in [0.29, 0.717) is 4.88 Å². The van der Waals surface area contributed by atoms with Crippen molar-refractivity contribution in [3.8, 4) is 0 Å². The maximum absolute atomic E-state index is 11.0. The summed E-state index contributed by atoms with van der Waals surface area (Å²) in [4.78, 5) is 10.6. The average molecular weight is 195 g/mol. The summed E-state index contributed by atoms with van der Waals surface area (Å²) in [6.07, 6.45) is 0. The van der Waals surface area contributed by atoms with Crippen LogP contribution in [0.3, 0.4) is 0 Å². The number of carbonyl (C=O) groups excluding carboxylic acids is 1. The summed E-state index contributed by atoms with van der Waals surface area (Å²) in [6.45, 7) is 0. The standard InChI is InChI=1S/C6H4Cl2OS/c7-6(8)5(9)4-2-1-3-10-4/h1-3,6H. The van der Waals surface area contributed by atoms with E-state index in [2.05, 4.69) is 0 Å². The second kappa shape index (κ2) is 3.37. The van der Waals surface area contributed by atoms with E-state index in [1.54, 1.807) is 12.1 Å². The predicted octanol–water partition coefficient (Wildman–Crippen LogP) is 2.73. The van der Waals surface area contributed by atoms with Crippen molar-refractivity contribution >= 4 is 40.3 Å². The highest BCUT2D eigenvalue weighted by Gasteiger charge is 2.14. The average Bonchev–Trinajstić information content (AvgIpc) is 2.36. The lowest BCUT2D eigenvalue weighted by atomic mass is 10.3. The molecule has 0 saturated heterocycles. The van der Waals surface area contributed by atoms with E-state index in [9.17, 15) is 4.79 Å². The van der Waals surface area contributed by atoms with Crippen LogP contribution in [-0.4, -0.2) is 10.6 Å². The van der Waals surface area contributed by atoms with Crippen molar-refractivity contribution in [1.29, 1.82) is 0 Å². The highest BCUT2D eigenvalue weighted by molar-refractivity contribution is 7.12. The molecule has 0 unspecified atom stereocenters. The minimum Gasteiger partial charge on any atom is -0.290 e. The Hall–Kier alpha value is -0.0500. The van der Waals surface area contributed by atoms with Crippen LogP contribution in [0.15, 0.2) is 17.5 Å². The second-order valence-corrected chi connectivity index (χ2v) is 3.69. The van der Waals surface area contributed by atoms with Gasteiger partial charge in [0.2, 0.25) is 5.78 Å². The molecule has 0 aromatic carbocycles. The molecule has 1 rings (SSSR count). The molecule has 0 aliphatic carbocycles. The van der Waals surface area contributed by atoms with Crippen molar-refractivity contribution in [3.63, 3.8) is 0 Å². The van der Waals surface area contributed by atoms with E-state index in [1.807, 2.05) is 5.38 Å². The van der Waals surface area contributed by atoms with Gasteiger partial charge in [-0.25, -0.2) is 0 Å². The largest absolute Gasteiger partial charge is 0.290 e. The Kier molecular flexibility index (Phi) is 2.72. The quantitative estimate of drug-likeness (QED) is 0.523. The maximum atomic E-state index is 11.0. The molecule has 1 aromatic rings. The lowest BCUT2D eigenvalue weighted by Crippen LogP contribution is -2.05. The van der Waals surface area contributed by atoms with Gasteiger partial charge in [0.1, 0.15) is 0 Å². The van der Waals surface area contributed by atoms with Crippen LogP contribution in [0.1, 0.15) is 9.67 Å². The molecule has 0 N–H and O–H groups in total. The van der Waals surface area contributed by atoms with Crippen LogP contribution in [0.25, 0.3) is 0 Å². The lowest BCUT2D eigenvalue weighted by molar-refractivity contribution is 0.101. The Morgan fingerprint density at radius 1 is 1.60 bits per heavy atom. The van der Waals surface area contributed by atoms with Crippen LogP contribution in [-0.2, 0) is 0 Å². The molecule has 54 valence electrons. The summed E-state index contributed by atoms with van der Waals surface area (Å²) < 4.78 is 0. The SMILES string of the molecule is O=C(c1cccs1)C(Cl)Cl. The number of hydrogen-bond donors (Lipinski definition) is 0. The first-order valence-electron chi connectivity index (χ1n) is 2.57. The molecule has 0 aliphatic heterocycles. The maximum Gasteiger partial charge on any atom is 0.205 e. The third-order valence-electron chi connectivity index (χ3n) is 0.962. The summed E-state index contributed by atoms with van der Waals surface area (Å²) in [5.41, 5.74) is 0. The van der Waals surface area contributed by atoms with Gasteiger partial charge in [-0.05, 0) is 11.4 Å². The van der Waals surface area contributed by atoms with Gasteiger partial charge in [0.25, 0.3) is 0 Å². The van der Waals surface area contributed by atoms with Gasteiger partial charge in [-0.15, -0.1) is 11.3 Å². The number of Topliss-reactive ketones (excluding diaryl/α,β-unsaturated/α-hetero) is 1. The molecular weight excluding hydrogens is 191 g/mol. The van der Waals surface area contributed by atoms with Crippen LogP contribution < -0.4 is 0 Å². The number of halogens is 2. The minimum atomic E-state index is -0.932. The molecule has 10 heavy (non-hydrogen) atoms. The Labute approximate surface area is 72.6 Å². The zero-order chi connectivity index (χ0) is 7.56. The van der Waals surface area contributed by atoms with E-state index in [0.717, 1.165) is 0 Å². The molecule has 4 heteroatoms. The molecule has 0 fully saturated rings. The molecule has 0 atom stereocenters. The summed E-state index contributed by atoms with van der Waals surface area (Å²) in [5, 5.41) is 1.81.